The average Bonchev–Trinajstić information content (AvgIpc) is 2.29. The Morgan fingerprint density at radius 1 is 1.31 bits per heavy atom. The van der Waals surface area contributed by atoms with Crippen molar-refractivity contribution in [3.8, 4) is 0 Å². The second-order valence-electron chi connectivity index (χ2n) is 4.17. The topological polar surface area (TPSA) is 26.0 Å². The molecule has 0 aliphatic heterocycles. The van der Waals surface area contributed by atoms with Crippen molar-refractivity contribution in [2.75, 3.05) is 0 Å². The zero-order valence-corrected chi connectivity index (χ0v) is 9.80. The molecule has 0 radical (unpaired) electrons. The van der Waals surface area contributed by atoms with Crippen molar-refractivity contribution in [2.45, 2.75) is 31.7 Å². The highest BCUT2D eigenvalue weighted by Gasteiger charge is 2.16. The van der Waals surface area contributed by atoms with Crippen molar-refractivity contribution in [1.82, 2.24) is 0 Å². The standard InChI is InChI=1S/C13H15ClFN/c14-12-8-10(15)6-7-11(12)13(16)9-4-2-1-3-5-9/h4,6-8,13H,1-3,5,16H2. The molecular formula is C13H15ClFN. The van der Waals surface area contributed by atoms with Gasteiger partial charge in [-0.1, -0.05) is 29.3 Å². The van der Waals surface area contributed by atoms with E-state index in [9.17, 15) is 4.39 Å². The van der Waals surface area contributed by atoms with E-state index in [0.717, 1.165) is 18.4 Å². The molecule has 0 bridgehead atoms. The highest BCUT2D eigenvalue weighted by atomic mass is 35.5. The summed E-state index contributed by atoms with van der Waals surface area (Å²) in [5.74, 6) is -0.321. The third-order valence-corrected chi connectivity index (χ3v) is 3.35. The van der Waals surface area contributed by atoms with E-state index in [2.05, 4.69) is 6.08 Å². The van der Waals surface area contributed by atoms with Crippen molar-refractivity contribution in [3.05, 3.63) is 46.3 Å². The number of hydrogen-bond donors (Lipinski definition) is 1. The number of halogens is 2. The summed E-state index contributed by atoms with van der Waals surface area (Å²) in [6.45, 7) is 0. The summed E-state index contributed by atoms with van der Waals surface area (Å²) in [5, 5.41) is 0.416. The van der Waals surface area contributed by atoms with E-state index in [1.807, 2.05) is 0 Å². The van der Waals surface area contributed by atoms with Gasteiger partial charge in [-0.2, -0.15) is 0 Å². The van der Waals surface area contributed by atoms with E-state index in [1.165, 1.54) is 30.5 Å². The van der Waals surface area contributed by atoms with Crippen LogP contribution >= 0.6 is 11.6 Å². The molecule has 0 saturated heterocycles. The Morgan fingerprint density at radius 2 is 2.12 bits per heavy atom. The van der Waals surface area contributed by atoms with Crippen LogP contribution in [0.4, 0.5) is 4.39 Å². The number of hydrogen-bond acceptors (Lipinski definition) is 1. The summed E-state index contributed by atoms with van der Waals surface area (Å²) < 4.78 is 12.9. The predicted octanol–water partition coefficient (Wildman–Crippen LogP) is 3.98. The van der Waals surface area contributed by atoms with Crippen LogP contribution in [0.25, 0.3) is 0 Å². The first-order chi connectivity index (χ1) is 7.68. The Morgan fingerprint density at radius 3 is 2.75 bits per heavy atom. The van der Waals surface area contributed by atoms with Crippen molar-refractivity contribution >= 4 is 11.6 Å². The smallest absolute Gasteiger partial charge is 0.124 e. The number of allylic oxidation sites excluding steroid dienone is 1. The fraction of sp³-hybridized carbons (Fsp3) is 0.385. The van der Waals surface area contributed by atoms with Gasteiger partial charge in [0.2, 0.25) is 0 Å². The monoisotopic (exact) mass is 239 g/mol. The molecule has 1 aliphatic carbocycles. The SMILES string of the molecule is NC(C1=CCCCC1)c1ccc(F)cc1Cl. The van der Waals surface area contributed by atoms with Gasteiger partial charge in [0.05, 0.1) is 6.04 Å². The lowest BCUT2D eigenvalue weighted by atomic mass is 9.90. The Bertz CT molecular complexity index is 414. The van der Waals surface area contributed by atoms with Crippen LogP contribution in [-0.2, 0) is 0 Å². The molecule has 0 saturated carbocycles. The lowest BCUT2D eigenvalue weighted by Crippen LogP contribution is -2.15. The summed E-state index contributed by atoms with van der Waals surface area (Å²) in [5.41, 5.74) is 8.18. The van der Waals surface area contributed by atoms with Gasteiger partial charge < -0.3 is 5.73 Å². The first-order valence-corrected chi connectivity index (χ1v) is 5.96. The molecule has 0 aromatic heterocycles. The molecule has 0 amide bonds. The minimum atomic E-state index is -0.321. The lowest BCUT2D eigenvalue weighted by Gasteiger charge is -2.20. The number of nitrogens with two attached hydrogens (primary N) is 1. The minimum absolute atomic E-state index is 0.187. The fourth-order valence-corrected chi connectivity index (χ4v) is 2.38. The minimum Gasteiger partial charge on any atom is -0.321 e. The predicted molar refractivity (Wildman–Crippen MR) is 64.9 cm³/mol. The van der Waals surface area contributed by atoms with Gasteiger partial charge in [0.15, 0.2) is 0 Å². The van der Waals surface area contributed by atoms with E-state index in [-0.39, 0.29) is 11.9 Å². The molecular weight excluding hydrogens is 225 g/mol. The maximum atomic E-state index is 12.9. The molecule has 1 aromatic rings. The summed E-state index contributed by atoms with van der Waals surface area (Å²) in [6.07, 6.45) is 6.70. The summed E-state index contributed by atoms with van der Waals surface area (Å²) in [4.78, 5) is 0. The molecule has 1 aliphatic rings. The molecule has 16 heavy (non-hydrogen) atoms. The van der Waals surface area contributed by atoms with Crippen molar-refractivity contribution < 1.29 is 4.39 Å². The molecule has 0 spiro atoms. The van der Waals surface area contributed by atoms with Gasteiger partial charge in [0.25, 0.3) is 0 Å². The maximum Gasteiger partial charge on any atom is 0.124 e. The van der Waals surface area contributed by atoms with Crippen LogP contribution in [0, 0.1) is 5.82 Å². The van der Waals surface area contributed by atoms with E-state index in [0.29, 0.717) is 5.02 Å². The van der Waals surface area contributed by atoms with Crippen molar-refractivity contribution in [3.63, 3.8) is 0 Å². The van der Waals surface area contributed by atoms with Crippen LogP contribution in [0.1, 0.15) is 37.3 Å². The van der Waals surface area contributed by atoms with E-state index in [4.69, 9.17) is 17.3 Å². The Labute approximate surface area is 100 Å². The molecule has 1 atom stereocenters. The molecule has 1 aromatic carbocycles. The molecule has 1 nitrogen and oxygen atoms in total. The molecule has 3 heteroatoms. The first-order valence-electron chi connectivity index (χ1n) is 5.58. The van der Waals surface area contributed by atoms with Gasteiger partial charge in [0, 0.05) is 5.02 Å². The largest absolute Gasteiger partial charge is 0.321 e. The third-order valence-electron chi connectivity index (χ3n) is 3.02. The van der Waals surface area contributed by atoms with E-state index in [1.54, 1.807) is 6.07 Å². The van der Waals surface area contributed by atoms with Crippen LogP contribution in [0.3, 0.4) is 0 Å². The summed E-state index contributed by atoms with van der Waals surface area (Å²) in [7, 11) is 0. The van der Waals surface area contributed by atoms with Crippen LogP contribution in [0.2, 0.25) is 5.02 Å². The molecule has 2 N–H and O–H groups in total. The van der Waals surface area contributed by atoms with Gasteiger partial charge in [-0.3, -0.25) is 0 Å². The zero-order chi connectivity index (χ0) is 11.5. The average molecular weight is 240 g/mol. The number of benzene rings is 1. The van der Waals surface area contributed by atoms with Crippen molar-refractivity contribution in [1.29, 1.82) is 0 Å². The maximum absolute atomic E-state index is 12.9. The van der Waals surface area contributed by atoms with Crippen LogP contribution in [-0.4, -0.2) is 0 Å². The summed E-state index contributed by atoms with van der Waals surface area (Å²) >= 11 is 6.00. The number of rotatable bonds is 2. The van der Waals surface area contributed by atoms with Gasteiger partial charge in [-0.15, -0.1) is 0 Å². The first kappa shape index (κ1) is 11.6. The quantitative estimate of drug-likeness (QED) is 0.777. The summed E-state index contributed by atoms with van der Waals surface area (Å²) in [6, 6.07) is 4.22. The van der Waals surface area contributed by atoms with Gasteiger partial charge in [-0.25, -0.2) is 4.39 Å². The molecule has 1 unspecified atom stereocenters. The third kappa shape index (κ3) is 2.45. The van der Waals surface area contributed by atoms with Gasteiger partial charge >= 0.3 is 0 Å². The fourth-order valence-electron chi connectivity index (χ4n) is 2.10. The second-order valence-corrected chi connectivity index (χ2v) is 4.58. The molecule has 2 rings (SSSR count). The van der Waals surface area contributed by atoms with Gasteiger partial charge in [0.1, 0.15) is 5.82 Å². The highest BCUT2D eigenvalue weighted by Crippen LogP contribution is 2.31. The molecule has 0 fully saturated rings. The highest BCUT2D eigenvalue weighted by molar-refractivity contribution is 6.31. The van der Waals surface area contributed by atoms with Crippen LogP contribution in [0.5, 0.6) is 0 Å². The normalized spacial score (nSPS) is 18.1. The zero-order valence-electron chi connectivity index (χ0n) is 9.05. The Kier molecular flexibility index (Phi) is 3.62. The Balaban J connectivity index is 2.26. The van der Waals surface area contributed by atoms with E-state index >= 15 is 0 Å². The van der Waals surface area contributed by atoms with Crippen LogP contribution in [0.15, 0.2) is 29.8 Å². The van der Waals surface area contributed by atoms with Gasteiger partial charge in [-0.05, 0) is 43.4 Å². The molecule has 86 valence electrons. The lowest BCUT2D eigenvalue weighted by molar-refractivity contribution is 0.623. The van der Waals surface area contributed by atoms with Crippen molar-refractivity contribution in [2.24, 2.45) is 5.73 Å². The molecule has 0 heterocycles. The Hall–Kier alpha value is -0.860. The van der Waals surface area contributed by atoms with Crippen LogP contribution < -0.4 is 5.73 Å². The second kappa shape index (κ2) is 4.98. The van der Waals surface area contributed by atoms with E-state index < -0.39 is 0 Å².